The van der Waals surface area contributed by atoms with Gasteiger partial charge in [-0.1, -0.05) is 23.2 Å². The highest BCUT2D eigenvalue weighted by molar-refractivity contribution is 9.10. The fourth-order valence-electron chi connectivity index (χ4n) is 1.56. The first-order valence-electron chi connectivity index (χ1n) is 5.77. The summed E-state index contributed by atoms with van der Waals surface area (Å²) in [5, 5.41) is 3.53. The van der Waals surface area contributed by atoms with E-state index in [1.165, 1.54) is 20.0 Å². The van der Waals surface area contributed by atoms with Gasteiger partial charge in [-0.2, -0.15) is 0 Å². The van der Waals surface area contributed by atoms with E-state index in [0.717, 1.165) is 0 Å². The lowest BCUT2D eigenvalue weighted by Crippen LogP contribution is -2.42. The zero-order valence-corrected chi connectivity index (χ0v) is 14.1. The van der Waals surface area contributed by atoms with Gasteiger partial charge in [0.1, 0.15) is 0 Å². The molecule has 0 saturated carbocycles. The summed E-state index contributed by atoms with van der Waals surface area (Å²) in [5.41, 5.74) is 0.173. The molecule has 0 spiro atoms. The van der Waals surface area contributed by atoms with Crippen LogP contribution in [0.1, 0.15) is 13.8 Å². The van der Waals surface area contributed by atoms with Crippen molar-refractivity contribution >= 4 is 56.8 Å². The van der Waals surface area contributed by atoms with Gasteiger partial charge in [-0.05, 0) is 28.1 Å². The van der Waals surface area contributed by atoms with E-state index in [-0.39, 0.29) is 5.57 Å². The van der Waals surface area contributed by atoms with Gasteiger partial charge in [0, 0.05) is 24.5 Å². The minimum atomic E-state index is -1.27. The van der Waals surface area contributed by atoms with Gasteiger partial charge in [0.15, 0.2) is 5.57 Å². The number of halogens is 3. The molecule has 0 bridgehead atoms. The van der Waals surface area contributed by atoms with Crippen LogP contribution in [0, 0.1) is 0 Å². The molecule has 1 aromatic carbocycles. The second kappa shape index (κ2) is 5.87. The Hall–Kier alpha value is -1.24. The molecule has 0 atom stereocenters. The van der Waals surface area contributed by atoms with Gasteiger partial charge in [-0.25, -0.2) is 9.59 Å². The predicted octanol–water partition coefficient (Wildman–Crippen LogP) is 3.89. The Morgan fingerprint density at radius 2 is 1.71 bits per heavy atom. The summed E-state index contributed by atoms with van der Waals surface area (Å²) < 4.78 is 10.6. The molecule has 1 aliphatic rings. The Labute approximate surface area is 139 Å². The first-order valence-corrected chi connectivity index (χ1v) is 7.32. The van der Waals surface area contributed by atoms with Gasteiger partial charge in [-0.15, -0.1) is 0 Å². The van der Waals surface area contributed by atoms with Crippen LogP contribution in [0.5, 0.6) is 0 Å². The smallest absolute Gasteiger partial charge is 0.350 e. The molecular formula is C13H10BrCl2NO4. The predicted molar refractivity (Wildman–Crippen MR) is 82.1 cm³/mol. The van der Waals surface area contributed by atoms with Gasteiger partial charge < -0.3 is 14.8 Å². The number of hydrogen-bond acceptors (Lipinski definition) is 5. The van der Waals surface area contributed by atoms with Crippen molar-refractivity contribution in [1.82, 2.24) is 0 Å². The SMILES string of the molecule is CC1(C)OC(=O)C(=CNc2cc(Cl)c(Br)cc2Cl)C(=O)O1. The van der Waals surface area contributed by atoms with Gasteiger partial charge in [0.05, 0.1) is 15.7 Å². The number of nitrogens with one attached hydrogen (secondary N) is 1. The molecule has 0 unspecified atom stereocenters. The summed E-state index contributed by atoms with van der Waals surface area (Å²) in [7, 11) is 0. The van der Waals surface area contributed by atoms with Gasteiger partial charge in [0.2, 0.25) is 0 Å². The Morgan fingerprint density at radius 3 is 2.29 bits per heavy atom. The molecule has 8 heteroatoms. The normalized spacial score (nSPS) is 17.1. The fraction of sp³-hybridized carbons (Fsp3) is 0.231. The highest BCUT2D eigenvalue weighted by atomic mass is 79.9. The number of carbonyl (C=O) groups excluding carboxylic acids is 2. The van der Waals surface area contributed by atoms with Gasteiger partial charge in [0.25, 0.3) is 5.79 Å². The second-order valence-corrected chi connectivity index (χ2v) is 6.30. The zero-order chi connectivity index (χ0) is 15.8. The molecule has 0 aliphatic carbocycles. The zero-order valence-electron chi connectivity index (χ0n) is 11.0. The van der Waals surface area contributed by atoms with E-state index in [1.54, 1.807) is 12.1 Å². The third-order valence-electron chi connectivity index (χ3n) is 2.50. The first-order chi connectivity index (χ1) is 9.69. The average Bonchev–Trinajstić information content (AvgIpc) is 2.32. The number of cyclic esters (lactones) is 2. The van der Waals surface area contributed by atoms with Crippen molar-refractivity contribution in [2.24, 2.45) is 0 Å². The van der Waals surface area contributed by atoms with E-state index in [2.05, 4.69) is 21.2 Å². The van der Waals surface area contributed by atoms with Crippen molar-refractivity contribution in [2.75, 3.05) is 5.32 Å². The minimum Gasteiger partial charge on any atom is -0.419 e. The molecule has 112 valence electrons. The van der Waals surface area contributed by atoms with Gasteiger partial charge >= 0.3 is 11.9 Å². The number of esters is 2. The van der Waals surface area contributed by atoms with Crippen molar-refractivity contribution in [3.63, 3.8) is 0 Å². The molecule has 1 aliphatic heterocycles. The van der Waals surface area contributed by atoms with E-state index in [4.69, 9.17) is 32.7 Å². The molecule has 0 aromatic heterocycles. The third kappa shape index (κ3) is 3.70. The summed E-state index contributed by atoms with van der Waals surface area (Å²) >= 11 is 15.2. The topological polar surface area (TPSA) is 64.6 Å². The maximum atomic E-state index is 11.7. The van der Waals surface area contributed by atoms with Crippen LogP contribution in [-0.4, -0.2) is 17.7 Å². The van der Waals surface area contributed by atoms with Crippen LogP contribution < -0.4 is 5.32 Å². The van der Waals surface area contributed by atoms with E-state index >= 15 is 0 Å². The summed E-state index contributed by atoms with van der Waals surface area (Å²) in [6.07, 6.45) is 1.17. The number of carbonyl (C=O) groups is 2. The van der Waals surface area contributed by atoms with Crippen LogP contribution in [0.25, 0.3) is 0 Å². The van der Waals surface area contributed by atoms with Crippen LogP contribution in [-0.2, 0) is 19.1 Å². The summed E-state index contributed by atoms with van der Waals surface area (Å²) in [6.45, 7) is 2.94. The van der Waals surface area contributed by atoms with E-state index in [0.29, 0.717) is 20.2 Å². The Balaban J connectivity index is 2.24. The van der Waals surface area contributed by atoms with Gasteiger partial charge in [-0.3, -0.25) is 0 Å². The minimum absolute atomic E-state index is 0.260. The molecule has 0 radical (unpaired) electrons. The van der Waals surface area contributed by atoms with E-state index in [9.17, 15) is 9.59 Å². The number of anilines is 1. The van der Waals surface area contributed by atoms with Crippen LogP contribution in [0.2, 0.25) is 10.0 Å². The average molecular weight is 395 g/mol. The first kappa shape index (κ1) is 16.1. The Bertz CT molecular complexity index is 636. The quantitative estimate of drug-likeness (QED) is 0.357. The van der Waals surface area contributed by atoms with E-state index < -0.39 is 17.7 Å². The molecular weight excluding hydrogens is 385 g/mol. The Kier molecular flexibility index (Phi) is 4.51. The summed E-state index contributed by atoms with van der Waals surface area (Å²) in [5.74, 6) is -2.82. The monoisotopic (exact) mass is 393 g/mol. The van der Waals surface area contributed by atoms with Crippen LogP contribution in [0.4, 0.5) is 5.69 Å². The van der Waals surface area contributed by atoms with Crippen LogP contribution >= 0.6 is 39.1 Å². The maximum Gasteiger partial charge on any atom is 0.350 e. The molecule has 21 heavy (non-hydrogen) atoms. The number of ether oxygens (including phenoxy) is 2. The standard InChI is InChI=1S/C13H10BrCl2NO4/c1-13(2)20-11(18)6(12(19)21-13)5-17-10-4-8(15)7(14)3-9(10)16/h3-5,17H,1-2H3. The van der Waals surface area contributed by atoms with Crippen molar-refractivity contribution in [1.29, 1.82) is 0 Å². The third-order valence-corrected chi connectivity index (χ3v) is 4.01. The summed E-state index contributed by atoms with van der Waals surface area (Å²) in [4.78, 5) is 23.5. The fourth-order valence-corrected chi connectivity index (χ4v) is 2.42. The molecule has 1 fully saturated rings. The highest BCUT2D eigenvalue weighted by Crippen LogP contribution is 2.33. The molecule has 0 amide bonds. The number of benzene rings is 1. The van der Waals surface area contributed by atoms with Crippen molar-refractivity contribution < 1.29 is 19.1 Å². The molecule has 2 rings (SSSR count). The lowest BCUT2D eigenvalue weighted by Gasteiger charge is -2.29. The van der Waals surface area contributed by atoms with E-state index in [1.807, 2.05) is 0 Å². The lowest BCUT2D eigenvalue weighted by atomic mass is 10.2. The highest BCUT2D eigenvalue weighted by Gasteiger charge is 2.38. The molecule has 5 nitrogen and oxygen atoms in total. The van der Waals surface area contributed by atoms with Crippen molar-refractivity contribution in [2.45, 2.75) is 19.6 Å². The molecule has 1 aromatic rings. The van der Waals surface area contributed by atoms with Crippen LogP contribution in [0.15, 0.2) is 28.4 Å². The number of rotatable bonds is 2. The number of hydrogen-bond donors (Lipinski definition) is 1. The molecule has 1 N–H and O–H groups in total. The lowest BCUT2D eigenvalue weighted by molar-refractivity contribution is -0.222. The van der Waals surface area contributed by atoms with Crippen molar-refractivity contribution in [3.05, 3.63) is 38.4 Å². The Morgan fingerprint density at radius 1 is 1.14 bits per heavy atom. The molecule has 1 heterocycles. The molecule has 1 saturated heterocycles. The largest absolute Gasteiger partial charge is 0.419 e. The second-order valence-electron chi connectivity index (χ2n) is 4.63. The van der Waals surface area contributed by atoms with Crippen molar-refractivity contribution in [3.8, 4) is 0 Å². The maximum absolute atomic E-state index is 11.7. The summed E-state index contributed by atoms with van der Waals surface area (Å²) in [6, 6.07) is 3.14. The van der Waals surface area contributed by atoms with Crippen LogP contribution in [0.3, 0.4) is 0 Å².